The van der Waals surface area contributed by atoms with E-state index in [9.17, 15) is 8.78 Å². The molecule has 0 radical (unpaired) electrons. The van der Waals surface area contributed by atoms with Crippen molar-refractivity contribution < 1.29 is 13.3 Å². The van der Waals surface area contributed by atoms with Crippen molar-refractivity contribution in [3.8, 4) is 0 Å². The molecule has 0 unspecified atom stereocenters. The molecule has 2 fully saturated rings. The van der Waals surface area contributed by atoms with Gasteiger partial charge in [0.15, 0.2) is 17.5 Å². The maximum absolute atomic E-state index is 13.4. The van der Waals surface area contributed by atoms with Crippen LogP contribution < -0.4 is 0 Å². The molecule has 0 saturated carbocycles. The Bertz CT molecular complexity index is 975. The highest BCUT2D eigenvalue weighted by Gasteiger charge is 2.46. The third kappa shape index (κ3) is 3.11. The summed E-state index contributed by atoms with van der Waals surface area (Å²) in [5.74, 6) is -0.314. The lowest BCUT2D eigenvalue weighted by molar-refractivity contribution is 0.243. The zero-order valence-corrected chi connectivity index (χ0v) is 15.4. The molecule has 28 heavy (non-hydrogen) atoms. The van der Waals surface area contributed by atoms with Crippen LogP contribution >= 0.6 is 0 Å². The van der Waals surface area contributed by atoms with Crippen LogP contribution in [-0.2, 0) is 6.42 Å². The van der Waals surface area contributed by atoms with Gasteiger partial charge in [-0.1, -0.05) is 41.6 Å². The first-order valence-corrected chi connectivity index (χ1v) is 9.76. The number of aromatic nitrogens is 2. The van der Waals surface area contributed by atoms with E-state index in [0.29, 0.717) is 30.0 Å². The van der Waals surface area contributed by atoms with Gasteiger partial charge < -0.3 is 4.52 Å². The van der Waals surface area contributed by atoms with Crippen molar-refractivity contribution in [3.63, 3.8) is 0 Å². The molecule has 2 aliphatic heterocycles. The lowest BCUT2D eigenvalue weighted by Crippen LogP contribution is -2.27. The molecule has 0 bridgehead atoms. The number of halogens is 2. The first kappa shape index (κ1) is 17.5. The van der Waals surface area contributed by atoms with Crippen LogP contribution in [0.3, 0.4) is 0 Å². The van der Waals surface area contributed by atoms with E-state index in [-0.39, 0.29) is 5.92 Å². The number of rotatable bonds is 4. The van der Waals surface area contributed by atoms with Gasteiger partial charge in [-0.3, -0.25) is 4.90 Å². The molecule has 2 saturated heterocycles. The highest BCUT2D eigenvalue weighted by molar-refractivity contribution is 5.25. The Morgan fingerprint density at radius 1 is 1.07 bits per heavy atom. The molecule has 0 amide bonds. The summed E-state index contributed by atoms with van der Waals surface area (Å²) in [4.78, 5) is 7.18. The van der Waals surface area contributed by atoms with E-state index in [4.69, 9.17) is 4.52 Å². The SMILES string of the molecule is Fc1ccc(Cc2nc([C@@H]3C[C@H](c4ccccc4)N4CCC[C@@H]34)no2)cc1F. The second-order valence-corrected chi connectivity index (χ2v) is 7.69. The third-order valence-electron chi connectivity index (χ3n) is 6.02. The molecule has 2 aliphatic rings. The minimum atomic E-state index is -0.861. The summed E-state index contributed by atoms with van der Waals surface area (Å²) in [5, 5.41) is 4.24. The monoisotopic (exact) mass is 381 g/mol. The normalized spacial score (nSPS) is 24.6. The van der Waals surface area contributed by atoms with Crippen molar-refractivity contribution in [2.24, 2.45) is 0 Å². The second-order valence-electron chi connectivity index (χ2n) is 7.69. The predicted octanol–water partition coefficient (Wildman–Crippen LogP) is 4.63. The first-order chi connectivity index (χ1) is 13.7. The summed E-state index contributed by atoms with van der Waals surface area (Å²) in [6.45, 7) is 1.10. The molecule has 2 aromatic carbocycles. The van der Waals surface area contributed by atoms with Crippen LogP contribution in [-0.4, -0.2) is 27.6 Å². The molecule has 0 aliphatic carbocycles. The van der Waals surface area contributed by atoms with Gasteiger partial charge in [0.05, 0.1) is 6.42 Å². The van der Waals surface area contributed by atoms with Gasteiger partial charge >= 0.3 is 0 Å². The molecule has 0 spiro atoms. The predicted molar refractivity (Wildman–Crippen MR) is 99.7 cm³/mol. The molecule has 3 heterocycles. The second kappa shape index (κ2) is 7.09. The number of nitrogens with zero attached hydrogens (tertiary/aromatic N) is 3. The Labute approximate surface area is 162 Å². The van der Waals surface area contributed by atoms with Gasteiger partial charge in [-0.25, -0.2) is 8.78 Å². The number of hydrogen-bond acceptors (Lipinski definition) is 4. The largest absolute Gasteiger partial charge is 0.339 e. The highest BCUT2D eigenvalue weighted by Crippen LogP contribution is 2.48. The van der Waals surface area contributed by atoms with Crippen LogP contribution in [0.4, 0.5) is 8.78 Å². The van der Waals surface area contributed by atoms with Gasteiger partial charge in [0.25, 0.3) is 0 Å². The summed E-state index contributed by atoms with van der Waals surface area (Å²) in [6.07, 6.45) is 3.59. The van der Waals surface area contributed by atoms with Crippen molar-refractivity contribution in [2.45, 2.75) is 43.7 Å². The fourth-order valence-corrected chi connectivity index (χ4v) is 4.76. The molecule has 3 atom stereocenters. The summed E-state index contributed by atoms with van der Waals surface area (Å²) in [6, 6.07) is 15.2. The Morgan fingerprint density at radius 3 is 2.75 bits per heavy atom. The zero-order valence-electron chi connectivity index (χ0n) is 15.4. The summed E-state index contributed by atoms with van der Waals surface area (Å²) in [7, 11) is 0. The van der Waals surface area contributed by atoms with Gasteiger partial charge in [0.2, 0.25) is 5.89 Å². The Morgan fingerprint density at radius 2 is 1.93 bits per heavy atom. The van der Waals surface area contributed by atoms with E-state index in [0.717, 1.165) is 31.3 Å². The van der Waals surface area contributed by atoms with Crippen molar-refractivity contribution in [1.29, 1.82) is 0 Å². The Hall–Kier alpha value is -2.60. The molecule has 4 nitrogen and oxygen atoms in total. The topological polar surface area (TPSA) is 42.2 Å². The summed E-state index contributed by atoms with van der Waals surface area (Å²) in [5.41, 5.74) is 1.95. The maximum Gasteiger partial charge on any atom is 0.231 e. The zero-order chi connectivity index (χ0) is 19.1. The van der Waals surface area contributed by atoms with Crippen molar-refractivity contribution in [3.05, 3.63) is 83.0 Å². The Kier molecular flexibility index (Phi) is 4.43. The first-order valence-electron chi connectivity index (χ1n) is 9.76. The van der Waals surface area contributed by atoms with Gasteiger partial charge in [-0.05, 0) is 49.1 Å². The molecule has 0 N–H and O–H groups in total. The lowest BCUT2D eigenvalue weighted by atomic mass is 9.94. The van der Waals surface area contributed by atoms with Gasteiger partial charge in [-0.15, -0.1) is 0 Å². The summed E-state index contributed by atoms with van der Waals surface area (Å²) < 4.78 is 32.0. The van der Waals surface area contributed by atoms with Gasteiger partial charge in [-0.2, -0.15) is 4.98 Å². The lowest BCUT2D eigenvalue weighted by Gasteiger charge is -2.24. The summed E-state index contributed by atoms with van der Waals surface area (Å²) >= 11 is 0. The fourth-order valence-electron chi connectivity index (χ4n) is 4.76. The van der Waals surface area contributed by atoms with E-state index < -0.39 is 11.6 Å². The molecular weight excluding hydrogens is 360 g/mol. The third-order valence-corrected chi connectivity index (χ3v) is 6.02. The van der Waals surface area contributed by atoms with Crippen molar-refractivity contribution in [2.75, 3.05) is 6.54 Å². The average Bonchev–Trinajstić information content (AvgIpc) is 3.42. The average molecular weight is 381 g/mol. The molecule has 1 aromatic heterocycles. The number of hydrogen-bond donors (Lipinski definition) is 0. The van der Waals surface area contributed by atoms with E-state index in [1.54, 1.807) is 6.07 Å². The van der Waals surface area contributed by atoms with Crippen LogP contribution in [0.5, 0.6) is 0 Å². The van der Waals surface area contributed by atoms with Crippen LogP contribution in [0, 0.1) is 11.6 Å². The van der Waals surface area contributed by atoms with E-state index in [1.165, 1.54) is 18.1 Å². The smallest absolute Gasteiger partial charge is 0.231 e. The van der Waals surface area contributed by atoms with E-state index in [1.807, 2.05) is 6.07 Å². The fraction of sp³-hybridized carbons (Fsp3) is 0.364. The van der Waals surface area contributed by atoms with Crippen molar-refractivity contribution >= 4 is 0 Å². The molecule has 144 valence electrons. The standard InChI is InChI=1S/C22H21F2N3O/c23-17-9-8-14(11-18(17)24)12-21-25-22(26-28-21)16-13-20(15-5-2-1-3-6-15)27-10-4-7-19(16)27/h1-3,5-6,8-9,11,16,19-20H,4,7,10,12-13H2/t16-,19+,20-/m1/s1. The van der Waals surface area contributed by atoms with Crippen LogP contribution in [0.2, 0.25) is 0 Å². The van der Waals surface area contributed by atoms with Gasteiger partial charge in [0, 0.05) is 18.0 Å². The quantitative estimate of drug-likeness (QED) is 0.661. The highest BCUT2D eigenvalue weighted by atomic mass is 19.2. The maximum atomic E-state index is 13.4. The Balaban J connectivity index is 1.37. The molecular formula is C22H21F2N3O. The van der Waals surface area contributed by atoms with Gasteiger partial charge in [0.1, 0.15) is 0 Å². The van der Waals surface area contributed by atoms with Crippen molar-refractivity contribution in [1.82, 2.24) is 15.0 Å². The van der Waals surface area contributed by atoms with Crippen LogP contribution in [0.25, 0.3) is 0 Å². The number of benzene rings is 2. The van der Waals surface area contributed by atoms with Crippen LogP contribution in [0.1, 0.15) is 54.1 Å². The van der Waals surface area contributed by atoms with E-state index >= 15 is 0 Å². The minimum Gasteiger partial charge on any atom is -0.339 e. The number of fused-ring (bicyclic) bond motifs is 1. The molecule has 3 aromatic rings. The van der Waals surface area contributed by atoms with Crippen LogP contribution in [0.15, 0.2) is 53.1 Å². The molecule has 6 heteroatoms. The molecule has 5 rings (SSSR count). The minimum absolute atomic E-state index is 0.232. The van der Waals surface area contributed by atoms with E-state index in [2.05, 4.69) is 39.3 Å².